The van der Waals surface area contributed by atoms with Crippen molar-refractivity contribution in [2.75, 3.05) is 43.4 Å². The molecule has 6 heterocycles. The number of rotatable bonds is 5. The van der Waals surface area contributed by atoms with E-state index in [0.717, 1.165) is 72.4 Å². The molecular weight excluding hydrogens is 562 g/mol. The standard InChI is InChI=1S/C37H45N5O3/c1-5-23-20-27-8-6-7-9-29(27)38-33(23)32-34(39-31-22-41-16-12-25(31)13-17-41)28-21-26(10-11-30(28)40-35(32)43)24-14-18-42(19-15-24)36(44)45-37(2,3)4/h6-11,14,21,25,31,38H,5,12-13,15-20,22H2,1-4H3,(H2,39,40,43)/t31-/m0/s1. The zero-order valence-electron chi connectivity index (χ0n) is 27.0. The topological polar surface area (TPSA) is 89.7 Å². The van der Waals surface area contributed by atoms with Gasteiger partial charge in [0, 0.05) is 36.7 Å². The molecule has 8 heteroatoms. The normalized spacial score (nSPS) is 23.0. The van der Waals surface area contributed by atoms with Gasteiger partial charge in [-0.2, -0.15) is 0 Å². The molecule has 0 spiro atoms. The number of pyridine rings is 1. The van der Waals surface area contributed by atoms with E-state index in [4.69, 9.17) is 4.74 Å². The highest BCUT2D eigenvalue weighted by Gasteiger charge is 2.35. The lowest BCUT2D eigenvalue weighted by atomic mass is 9.83. The molecule has 1 amide bonds. The van der Waals surface area contributed by atoms with E-state index in [1.54, 1.807) is 4.90 Å². The number of anilines is 2. The molecule has 2 bridgehead atoms. The zero-order valence-corrected chi connectivity index (χ0v) is 27.0. The van der Waals surface area contributed by atoms with E-state index in [0.29, 0.717) is 24.6 Å². The largest absolute Gasteiger partial charge is 0.444 e. The zero-order chi connectivity index (χ0) is 31.3. The fourth-order valence-corrected chi connectivity index (χ4v) is 7.50. The van der Waals surface area contributed by atoms with Crippen molar-refractivity contribution in [3.8, 4) is 0 Å². The molecule has 0 radical (unpaired) electrons. The summed E-state index contributed by atoms with van der Waals surface area (Å²) in [7, 11) is 0. The van der Waals surface area contributed by atoms with Gasteiger partial charge < -0.3 is 30.2 Å². The van der Waals surface area contributed by atoms with Crippen LogP contribution in [-0.4, -0.2) is 65.2 Å². The number of ether oxygens (including phenoxy) is 1. The molecule has 5 aliphatic heterocycles. The summed E-state index contributed by atoms with van der Waals surface area (Å²) in [4.78, 5) is 34.3. The minimum atomic E-state index is -0.519. The number of hydrogen-bond donors (Lipinski definition) is 3. The molecule has 0 unspecified atom stereocenters. The van der Waals surface area contributed by atoms with Gasteiger partial charge in [0.15, 0.2) is 0 Å². The Labute approximate surface area is 265 Å². The van der Waals surface area contributed by atoms with Crippen molar-refractivity contribution in [3.05, 3.63) is 81.2 Å². The molecule has 3 N–H and O–H groups in total. The van der Waals surface area contributed by atoms with Crippen LogP contribution in [0.3, 0.4) is 0 Å². The maximum atomic E-state index is 14.1. The van der Waals surface area contributed by atoms with E-state index in [2.05, 4.69) is 63.8 Å². The number of nitrogens with one attached hydrogen (secondary N) is 3. The fraction of sp³-hybridized carbons (Fsp3) is 0.459. The molecule has 5 aliphatic rings. The van der Waals surface area contributed by atoms with Crippen LogP contribution in [0.1, 0.15) is 70.1 Å². The number of fused-ring (bicyclic) bond motifs is 5. The lowest BCUT2D eigenvalue weighted by Crippen LogP contribution is -2.53. The van der Waals surface area contributed by atoms with Crippen LogP contribution >= 0.6 is 0 Å². The number of nitrogens with zero attached hydrogens (tertiary/aromatic N) is 2. The predicted octanol–water partition coefficient (Wildman–Crippen LogP) is 6.85. The summed E-state index contributed by atoms with van der Waals surface area (Å²) >= 11 is 0. The lowest BCUT2D eigenvalue weighted by Gasteiger charge is -2.45. The van der Waals surface area contributed by atoms with Crippen LogP contribution in [0.2, 0.25) is 0 Å². The first-order chi connectivity index (χ1) is 21.7. The van der Waals surface area contributed by atoms with Gasteiger partial charge in [0.05, 0.1) is 22.5 Å². The second-order valence-electron chi connectivity index (χ2n) is 14.1. The van der Waals surface area contributed by atoms with E-state index in [1.807, 2.05) is 32.9 Å². The average molecular weight is 608 g/mol. The summed E-state index contributed by atoms with van der Waals surface area (Å²) in [5.74, 6) is 0.597. The summed E-state index contributed by atoms with van der Waals surface area (Å²) in [5, 5.41) is 8.69. The van der Waals surface area contributed by atoms with Crippen molar-refractivity contribution >= 4 is 39.6 Å². The van der Waals surface area contributed by atoms with Gasteiger partial charge in [-0.25, -0.2) is 4.79 Å². The first-order valence-corrected chi connectivity index (χ1v) is 16.6. The summed E-state index contributed by atoms with van der Waals surface area (Å²) in [6, 6.07) is 15.1. The smallest absolute Gasteiger partial charge is 0.410 e. The van der Waals surface area contributed by atoms with Crippen LogP contribution in [0.25, 0.3) is 22.2 Å². The van der Waals surface area contributed by atoms with E-state index in [1.165, 1.54) is 29.6 Å². The van der Waals surface area contributed by atoms with E-state index < -0.39 is 5.60 Å². The number of aromatic amines is 1. The lowest BCUT2D eigenvalue weighted by molar-refractivity contribution is 0.0270. The first-order valence-electron chi connectivity index (χ1n) is 16.6. The molecule has 2 aromatic carbocycles. The summed E-state index contributed by atoms with van der Waals surface area (Å²) in [6.45, 7) is 12.3. The molecule has 45 heavy (non-hydrogen) atoms. The van der Waals surface area contributed by atoms with Gasteiger partial charge in [-0.1, -0.05) is 37.3 Å². The Morgan fingerprint density at radius 1 is 1.09 bits per heavy atom. The molecule has 0 aliphatic carbocycles. The Hall–Kier alpha value is -4.04. The quantitative estimate of drug-likeness (QED) is 0.294. The third kappa shape index (κ3) is 5.88. The molecule has 3 aromatic rings. The van der Waals surface area contributed by atoms with Crippen molar-refractivity contribution in [1.82, 2.24) is 14.8 Å². The minimum absolute atomic E-state index is 0.0725. The van der Waals surface area contributed by atoms with Crippen LogP contribution < -0.4 is 16.2 Å². The number of para-hydroxylation sites is 1. The van der Waals surface area contributed by atoms with Gasteiger partial charge in [-0.05, 0) is 112 Å². The van der Waals surface area contributed by atoms with Crippen molar-refractivity contribution in [3.63, 3.8) is 0 Å². The van der Waals surface area contributed by atoms with Crippen LogP contribution in [0.5, 0.6) is 0 Å². The van der Waals surface area contributed by atoms with Crippen LogP contribution in [0, 0.1) is 5.92 Å². The molecule has 3 fully saturated rings. The number of benzene rings is 2. The summed E-state index contributed by atoms with van der Waals surface area (Å²) < 4.78 is 5.61. The van der Waals surface area contributed by atoms with Gasteiger partial charge in [0.1, 0.15) is 5.60 Å². The molecular formula is C37H45N5O3. The van der Waals surface area contributed by atoms with Crippen LogP contribution in [-0.2, 0) is 11.2 Å². The van der Waals surface area contributed by atoms with Gasteiger partial charge >= 0.3 is 6.09 Å². The number of piperidine rings is 3. The monoisotopic (exact) mass is 607 g/mol. The molecule has 1 aromatic heterocycles. The average Bonchev–Trinajstić information content (AvgIpc) is 3.04. The van der Waals surface area contributed by atoms with Crippen LogP contribution in [0.4, 0.5) is 16.2 Å². The van der Waals surface area contributed by atoms with E-state index >= 15 is 0 Å². The van der Waals surface area contributed by atoms with Crippen molar-refractivity contribution in [1.29, 1.82) is 0 Å². The second kappa shape index (κ2) is 11.7. The number of hydrogen-bond acceptors (Lipinski definition) is 6. The minimum Gasteiger partial charge on any atom is -0.444 e. The highest BCUT2D eigenvalue weighted by Crippen LogP contribution is 2.40. The van der Waals surface area contributed by atoms with E-state index in [-0.39, 0.29) is 17.7 Å². The molecule has 3 saturated heterocycles. The fourth-order valence-electron chi connectivity index (χ4n) is 7.50. The molecule has 8 nitrogen and oxygen atoms in total. The summed E-state index contributed by atoms with van der Waals surface area (Å²) in [6.07, 6.45) is 6.67. The first kappa shape index (κ1) is 29.7. The number of H-pyrrole nitrogens is 1. The Bertz CT molecular complexity index is 1760. The van der Waals surface area contributed by atoms with Gasteiger partial charge in [0.2, 0.25) is 0 Å². The maximum absolute atomic E-state index is 14.1. The van der Waals surface area contributed by atoms with Crippen molar-refractivity contribution in [2.24, 2.45) is 5.92 Å². The number of carbonyl (C=O) groups is 1. The Balaban J connectivity index is 1.31. The van der Waals surface area contributed by atoms with E-state index in [9.17, 15) is 9.59 Å². The molecule has 8 rings (SSSR count). The SMILES string of the molecule is CCC1=C(c2c(N[C@H]3CN4CCC3CC4)c3cc(C4=CCN(C(=O)OC(C)(C)C)CC4)ccc3[nH]c2=O)Nc2ccccc2C1. The Morgan fingerprint density at radius 2 is 1.89 bits per heavy atom. The number of amides is 1. The predicted molar refractivity (Wildman–Crippen MR) is 183 cm³/mol. The van der Waals surface area contributed by atoms with Crippen LogP contribution in [0.15, 0.2) is 58.9 Å². The third-order valence-corrected chi connectivity index (χ3v) is 9.94. The number of aromatic nitrogens is 1. The Kier molecular flexibility index (Phi) is 7.72. The molecule has 236 valence electrons. The second-order valence-corrected chi connectivity index (χ2v) is 14.1. The third-order valence-electron chi connectivity index (χ3n) is 9.94. The number of carbonyl (C=O) groups excluding carboxylic acids is 1. The highest BCUT2D eigenvalue weighted by atomic mass is 16.6. The van der Waals surface area contributed by atoms with Gasteiger partial charge in [-0.3, -0.25) is 4.79 Å². The summed E-state index contributed by atoms with van der Waals surface area (Å²) in [5.41, 5.74) is 8.68. The maximum Gasteiger partial charge on any atom is 0.410 e. The van der Waals surface area contributed by atoms with Gasteiger partial charge in [0.25, 0.3) is 5.56 Å². The van der Waals surface area contributed by atoms with Crippen molar-refractivity contribution in [2.45, 2.75) is 71.4 Å². The number of allylic oxidation sites excluding steroid dienone is 1. The molecule has 0 saturated carbocycles. The van der Waals surface area contributed by atoms with Gasteiger partial charge in [-0.15, -0.1) is 0 Å². The Morgan fingerprint density at radius 3 is 2.58 bits per heavy atom. The molecule has 1 atom stereocenters. The van der Waals surface area contributed by atoms with Crippen molar-refractivity contribution < 1.29 is 9.53 Å². The highest BCUT2D eigenvalue weighted by molar-refractivity contribution is 6.01.